The Kier molecular flexibility index (Phi) is 5.42. The summed E-state index contributed by atoms with van der Waals surface area (Å²) >= 11 is 1.80. The van der Waals surface area contributed by atoms with Crippen molar-refractivity contribution in [3.05, 3.63) is 42.7 Å². The zero-order valence-corrected chi connectivity index (χ0v) is 14.0. The second-order valence-electron chi connectivity index (χ2n) is 5.30. The molecule has 1 aromatic carbocycles. The molecule has 0 radical (unpaired) electrons. The molecule has 0 aliphatic rings. The first-order valence-electron chi connectivity index (χ1n) is 7.76. The molecule has 0 aliphatic heterocycles. The Labute approximate surface area is 139 Å². The van der Waals surface area contributed by atoms with E-state index in [0.29, 0.717) is 5.82 Å². The number of tetrazole rings is 1. The summed E-state index contributed by atoms with van der Waals surface area (Å²) in [6, 6.07) is 9.94. The summed E-state index contributed by atoms with van der Waals surface area (Å²) in [5.74, 6) is 1.78. The first kappa shape index (κ1) is 15.7. The van der Waals surface area contributed by atoms with Crippen molar-refractivity contribution in [2.75, 3.05) is 5.75 Å². The van der Waals surface area contributed by atoms with Crippen molar-refractivity contribution in [3.63, 3.8) is 0 Å². The van der Waals surface area contributed by atoms with Crippen LogP contribution in [0.15, 0.2) is 47.9 Å². The fourth-order valence-corrected chi connectivity index (χ4v) is 3.16. The number of hydrogen-bond donors (Lipinski definition) is 0. The van der Waals surface area contributed by atoms with Crippen LogP contribution < -0.4 is 0 Å². The van der Waals surface area contributed by atoms with E-state index in [1.54, 1.807) is 16.6 Å². The van der Waals surface area contributed by atoms with Gasteiger partial charge in [0.05, 0.1) is 6.54 Å². The fraction of sp³-hybridized carbons (Fsp3) is 0.375. The molecule has 120 valence electrons. The first-order chi connectivity index (χ1) is 11.3. The van der Waals surface area contributed by atoms with Crippen LogP contribution in [0.5, 0.6) is 0 Å². The summed E-state index contributed by atoms with van der Waals surface area (Å²) in [4.78, 5) is 5.99. The zero-order valence-electron chi connectivity index (χ0n) is 13.2. The molecule has 0 aliphatic carbocycles. The molecule has 0 bridgehead atoms. The highest BCUT2D eigenvalue weighted by molar-refractivity contribution is 7.99. The van der Waals surface area contributed by atoms with Crippen molar-refractivity contribution >= 4 is 11.8 Å². The van der Waals surface area contributed by atoms with Crippen LogP contribution >= 0.6 is 11.8 Å². The van der Waals surface area contributed by atoms with Gasteiger partial charge in [-0.15, -0.1) is 10.2 Å². The summed E-state index contributed by atoms with van der Waals surface area (Å²) in [5.41, 5.74) is 1.00. The van der Waals surface area contributed by atoms with Gasteiger partial charge in [0, 0.05) is 30.8 Å². The topological polar surface area (TPSA) is 61.4 Å². The first-order valence-corrected chi connectivity index (χ1v) is 8.75. The molecular weight excluding hydrogens is 308 g/mol. The Morgan fingerprint density at radius 2 is 1.96 bits per heavy atom. The van der Waals surface area contributed by atoms with Crippen molar-refractivity contribution in [2.45, 2.75) is 31.0 Å². The van der Waals surface area contributed by atoms with E-state index in [-0.39, 0.29) is 0 Å². The molecule has 0 spiro atoms. The van der Waals surface area contributed by atoms with E-state index in [2.05, 4.69) is 25.0 Å². The van der Waals surface area contributed by atoms with Crippen molar-refractivity contribution in [3.8, 4) is 11.4 Å². The molecule has 2 aromatic heterocycles. The second-order valence-corrected chi connectivity index (χ2v) is 6.37. The van der Waals surface area contributed by atoms with E-state index in [1.807, 2.05) is 49.8 Å². The predicted octanol–water partition coefficient (Wildman–Crippen LogP) is 3.04. The van der Waals surface area contributed by atoms with E-state index < -0.39 is 0 Å². The Hall–Kier alpha value is -2.15. The van der Waals surface area contributed by atoms with Crippen LogP contribution in [-0.2, 0) is 13.6 Å². The number of imidazole rings is 1. The lowest BCUT2D eigenvalue weighted by Crippen LogP contribution is -2.02. The standard InChI is InChI=1S/C16H20N6S/c1-21-12-10-17-16(21)23-13-7-3-6-11-22-19-15(18-20-22)14-8-4-2-5-9-14/h2,4-5,8-10,12H,3,6-7,11,13H2,1H3. The average molecular weight is 328 g/mol. The van der Waals surface area contributed by atoms with Gasteiger partial charge in [0.1, 0.15) is 0 Å². The number of benzene rings is 1. The Morgan fingerprint density at radius 3 is 2.74 bits per heavy atom. The third-order valence-electron chi connectivity index (χ3n) is 3.50. The normalized spacial score (nSPS) is 11.0. The lowest BCUT2D eigenvalue weighted by molar-refractivity contribution is 0.487. The molecule has 7 heteroatoms. The quantitative estimate of drug-likeness (QED) is 0.470. The highest BCUT2D eigenvalue weighted by atomic mass is 32.2. The van der Waals surface area contributed by atoms with Crippen molar-refractivity contribution in [1.82, 2.24) is 29.8 Å². The maximum Gasteiger partial charge on any atom is 0.204 e. The molecule has 0 saturated carbocycles. The van der Waals surface area contributed by atoms with Crippen LogP contribution in [0.3, 0.4) is 0 Å². The molecule has 0 saturated heterocycles. The minimum Gasteiger partial charge on any atom is -0.329 e. The van der Waals surface area contributed by atoms with Crippen LogP contribution in [0.2, 0.25) is 0 Å². The zero-order chi connectivity index (χ0) is 15.9. The van der Waals surface area contributed by atoms with Crippen molar-refractivity contribution < 1.29 is 0 Å². The minimum atomic E-state index is 0.691. The molecule has 0 amide bonds. The lowest BCUT2D eigenvalue weighted by Gasteiger charge is -2.02. The summed E-state index contributed by atoms with van der Waals surface area (Å²) < 4.78 is 2.05. The van der Waals surface area contributed by atoms with Gasteiger partial charge in [0.2, 0.25) is 5.82 Å². The van der Waals surface area contributed by atoms with E-state index in [9.17, 15) is 0 Å². The average Bonchev–Trinajstić information content (AvgIpc) is 3.21. The highest BCUT2D eigenvalue weighted by Gasteiger charge is 2.05. The molecular formula is C16H20N6S. The lowest BCUT2D eigenvalue weighted by atomic mass is 10.2. The molecule has 0 fully saturated rings. The number of thioether (sulfide) groups is 1. The van der Waals surface area contributed by atoms with E-state index in [4.69, 9.17) is 0 Å². The van der Waals surface area contributed by atoms with Gasteiger partial charge >= 0.3 is 0 Å². The van der Waals surface area contributed by atoms with Gasteiger partial charge in [-0.05, 0) is 18.1 Å². The van der Waals surface area contributed by atoms with Crippen LogP contribution in [0, 0.1) is 0 Å². The van der Waals surface area contributed by atoms with Gasteiger partial charge in [0.15, 0.2) is 5.16 Å². The smallest absolute Gasteiger partial charge is 0.204 e. The highest BCUT2D eigenvalue weighted by Crippen LogP contribution is 2.17. The van der Waals surface area contributed by atoms with Crippen molar-refractivity contribution in [1.29, 1.82) is 0 Å². The number of unbranched alkanes of at least 4 members (excludes halogenated alkanes) is 2. The van der Waals surface area contributed by atoms with Crippen LogP contribution in [-0.4, -0.2) is 35.5 Å². The van der Waals surface area contributed by atoms with Crippen LogP contribution in [0.25, 0.3) is 11.4 Å². The Balaban J connectivity index is 1.36. The van der Waals surface area contributed by atoms with Crippen molar-refractivity contribution in [2.24, 2.45) is 7.05 Å². The fourth-order valence-electron chi connectivity index (χ4n) is 2.23. The van der Waals surface area contributed by atoms with E-state index in [1.165, 1.54) is 0 Å². The summed E-state index contributed by atoms with van der Waals surface area (Å²) in [5, 5.41) is 13.7. The van der Waals surface area contributed by atoms with Gasteiger partial charge in [0.25, 0.3) is 0 Å². The largest absolute Gasteiger partial charge is 0.329 e. The maximum atomic E-state index is 4.43. The maximum absolute atomic E-state index is 4.43. The Morgan fingerprint density at radius 1 is 1.09 bits per heavy atom. The van der Waals surface area contributed by atoms with Gasteiger partial charge in [-0.2, -0.15) is 4.80 Å². The molecule has 23 heavy (non-hydrogen) atoms. The number of rotatable bonds is 8. The third kappa shape index (κ3) is 4.41. The molecule has 3 aromatic rings. The minimum absolute atomic E-state index is 0.691. The summed E-state index contributed by atoms with van der Waals surface area (Å²) in [7, 11) is 2.02. The van der Waals surface area contributed by atoms with Gasteiger partial charge < -0.3 is 4.57 Å². The molecule has 2 heterocycles. The predicted molar refractivity (Wildman–Crippen MR) is 91.0 cm³/mol. The number of aromatic nitrogens is 6. The van der Waals surface area contributed by atoms with Crippen LogP contribution in [0.4, 0.5) is 0 Å². The Bertz CT molecular complexity index is 721. The van der Waals surface area contributed by atoms with Gasteiger partial charge in [-0.3, -0.25) is 0 Å². The summed E-state index contributed by atoms with van der Waals surface area (Å²) in [6.07, 6.45) is 7.19. The molecule has 3 rings (SSSR count). The van der Waals surface area contributed by atoms with E-state index in [0.717, 1.165) is 42.3 Å². The second kappa shape index (κ2) is 7.92. The molecule has 6 nitrogen and oxygen atoms in total. The third-order valence-corrected chi connectivity index (χ3v) is 4.64. The monoisotopic (exact) mass is 328 g/mol. The van der Waals surface area contributed by atoms with Gasteiger partial charge in [-0.1, -0.05) is 48.5 Å². The summed E-state index contributed by atoms with van der Waals surface area (Å²) in [6.45, 7) is 0.812. The number of hydrogen-bond acceptors (Lipinski definition) is 5. The number of aryl methyl sites for hydroxylation is 2. The molecule has 0 atom stereocenters. The molecule has 0 N–H and O–H groups in total. The SMILES string of the molecule is Cn1ccnc1SCCCCCn1nnc(-c2ccccc2)n1. The van der Waals surface area contributed by atoms with Crippen LogP contribution in [0.1, 0.15) is 19.3 Å². The molecule has 0 unspecified atom stereocenters. The van der Waals surface area contributed by atoms with Gasteiger partial charge in [-0.25, -0.2) is 4.98 Å². The number of nitrogens with zero attached hydrogens (tertiary/aromatic N) is 6. The van der Waals surface area contributed by atoms with E-state index >= 15 is 0 Å².